The Hall–Kier alpha value is -1.81. The number of aliphatic imine (C=N–C) groups is 1. The first-order valence-electron chi connectivity index (χ1n) is 7.78. The lowest BCUT2D eigenvalue weighted by atomic mass is 10.2. The second-order valence-electron chi connectivity index (χ2n) is 5.60. The summed E-state index contributed by atoms with van der Waals surface area (Å²) in [5.41, 5.74) is 0.938. The maximum Gasteiger partial charge on any atom is 0.286 e. The van der Waals surface area contributed by atoms with Crippen LogP contribution in [0.3, 0.4) is 0 Å². The van der Waals surface area contributed by atoms with Gasteiger partial charge in [-0.25, -0.2) is 0 Å². The average molecular weight is 361 g/mol. The number of rotatable bonds is 3. The number of carbonyl (C=O) groups is 1. The number of amidine groups is 1. The lowest BCUT2D eigenvalue weighted by molar-refractivity contribution is -0.113. The molecule has 1 aromatic carbocycles. The van der Waals surface area contributed by atoms with E-state index in [1.165, 1.54) is 11.8 Å². The van der Waals surface area contributed by atoms with Gasteiger partial charge >= 0.3 is 0 Å². The van der Waals surface area contributed by atoms with E-state index in [2.05, 4.69) is 20.9 Å². The van der Waals surface area contributed by atoms with E-state index in [1.807, 2.05) is 18.2 Å². The SMILES string of the molecule is N#CCCN1CCN(C2=NC(=O)C(=Cc3ccc(Cl)cc3)S2)CC1. The predicted octanol–water partition coefficient (Wildman–Crippen LogP) is 2.84. The van der Waals surface area contributed by atoms with Gasteiger partial charge in [-0.1, -0.05) is 23.7 Å². The Kier molecular flexibility index (Phi) is 5.56. The highest BCUT2D eigenvalue weighted by Gasteiger charge is 2.28. The fraction of sp³-hybridized carbons (Fsp3) is 0.353. The Balaban J connectivity index is 1.60. The van der Waals surface area contributed by atoms with Gasteiger partial charge in [0.05, 0.1) is 11.0 Å². The fourth-order valence-electron chi connectivity index (χ4n) is 2.61. The first-order chi connectivity index (χ1) is 11.7. The van der Waals surface area contributed by atoms with Crippen molar-refractivity contribution in [2.75, 3.05) is 32.7 Å². The molecule has 1 amide bonds. The fourth-order valence-corrected chi connectivity index (χ4v) is 3.71. The quantitative estimate of drug-likeness (QED) is 0.776. The van der Waals surface area contributed by atoms with Crippen LogP contribution in [0.2, 0.25) is 5.02 Å². The largest absolute Gasteiger partial charge is 0.348 e. The normalized spacial score (nSPS) is 20.3. The third-order valence-corrected chi connectivity index (χ3v) is 5.26. The van der Waals surface area contributed by atoms with Crippen molar-refractivity contribution >= 4 is 40.5 Å². The second-order valence-corrected chi connectivity index (χ2v) is 7.04. The number of hydrogen-bond acceptors (Lipinski definition) is 5. The van der Waals surface area contributed by atoms with E-state index in [9.17, 15) is 4.79 Å². The van der Waals surface area contributed by atoms with E-state index in [-0.39, 0.29) is 5.91 Å². The molecule has 0 saturated carbocycles. The number of piperazine rings is 1. The minimum atomic E-state index is -0.183. The standard InChI is InChI=1S/C17H17ClN4OS/c18-14-4-2-13(3-5-14)12-15-16(23)20-17(24-15)22-10-8-21(9-11-22)7-1-6-19/h2-5,12H,1,7-11H2. The van der Waals surface area contributed by atoms with Crippen molar-refractivity contribution in [3.63, 3.8) is 0 Å². The summed E-state index contributed by atoms with van der Waals surface area (Å²) in [6.07, 6.45) is 2.41. The molecule has 0 atom stereocenters. The number of benzene rings is 1. The van der Waals surface area contributed by atoms with Crippen molar-refractivity contribution in [2.24, 2.45) is 4.99 Å². The molecular formula is C17H17ClN4OS. The highest BCUT2D eigenvalue weighted by Crippen LogP contribution is 2.30. The van der Waals surface area contributed by atoms with Gasteiger partial charge < -0.3 is 4.90 Å². The van der Waals surface area contributed by atoms with E-state index >= 15 is 0 Å². The van der Waals surface area contributed by atoms with Crippen LogP contribution >= 0.6 is 23.4 Å². The van der Waals surface area contributed by atoms with Crippen molar-refractivity contribution in [2.45, 2.75) is 6.42 Å². The molecule has 2 heterocycles. The van der Waals surface area contributed by atoms with Crippen molar-refractivity contribution in [1.29, 1.82) is 5.26 Å². The summed E-state index contributed by atoms with van der Waals surface area (Å²) < 4.78 is 0. The number of amides is 1. The van der Waals surface area contributed by atoms with E-state index in [0.29, 0.717) is 16.3 Å². The summed E-state index contributed by atoms with van der Waals surface area (Å²) in [5.74, 6) is -0.183. The molecule has 0 aliphatic carbocycles. The number of hydrogen-bond donors (Lipinski definition) is 0. The molecule has 0 unspecified atom stereocenters. The Morgan fingerprint density at radius 2 is 1.96 bits per heavy atom. The number of nitriles is 1. The summed E-state index contributed by atoms with van der Waals surface area (Å²) in [4.78, 5) is 21.4. The summed E-state index contributed by atoms with van der Waals surface area (Å²) in [7, 11) is 0. The first-order valence-corrected chi connectivity index (χ1v) is 8.97. The molecule has 3 rings (SSSR count). The molecule has 0 bridgehead atoms. The smallest absolute Gasteiger partial charge is 0.286 e. The summed E-state index contributed by atoms with van der Waals surface area (Å²) in [6, 6.07) is 9.56. The van der Waals surface area contributed by atoms with Crippen LogP contribution in [0, 0.1) is 11.3 Å². The van der Waals surface area contributed by atoms with E-state index < -0.39 is 0 Å². The average Bonchev–Trinajstić information content (AvgIpc) is 2.96. The van der Waals surface area contributed by atoms with Gasteiger partial charge in [0.2, 0.25) is 0 Å². The zero-order valence-corrected chi connectivity index (χ0v) is 14.7. The van der Waals surface area contributed by atoms with Gasteiger partial charge in [0, 0.05) is 44.2 Å². The van der Waals surface area contributed by atoms with Crippen LogP contribution in [0.4, 0.5) is 0 Å². The number of carbonyl (C=O) groups excluding carboxylic acids is 1. The maximum atomic E-state index is 12.1. The van der Waals surface area contributed by atoms with Crippen LogP contribution in [0.15, 0.2) is 34.2 Å². The van der Waals surface area contributed by atoms with Gasteiger partial charge in [0.25, 0.3) is 5.91 Å². The molecule has 1 fully saturated rings. The molecule has 2 aliphatic heterocycles. The lowest BCUT2D eigenvalue weighted by Crippen LogP contribution is -2.47. The van der Waals surface area contributed by atoms with Crippen LogP contribution in [0.5, 0.6) is 0 Å². The number of thioether (sulfide) groups is 1. The zero-order valence-electron chi connectivity index (χ0n) is 13.1. The van der Waals surface area contributed by atoms with E-state index in [0.717, 1.165) is 43.5 Å². The molecular weight excluding hydrogens is 344 g/mol. The summed E-state index contributed by atoms with van der Waals surface area (Å²) >= 11 is 7.31. The van der Waals surface area contributed by atoms with Crippen LogP contribution in [0.25, 0.3) is 6.08 Å². The highest BCUT2D eigenvalue weighted by molar-refractivity contribution is 8.18. The zero-order chi connectivity index (χ0) is 16.9. The van der Waals surface area contributed by atoms with E-state index in [4.69, 9.17) is 16.9 Å². The monoisotopic (exact) mass is 360 g/mol. The minimum absolute atomic E-state index is 0.183. The van der Waals surface area contributed by atoms with Crippen LogP contribution in [-0.4, -0.2) is 53.6 Å². The number of halogens is 1. The third-order valence-electron chi connectivity index (χ3n) is 3.96. The predicted molar refractivity (Wildman–Crippen MR) is 97.7 cm³/mol. The van der Waals surface area contributed by atoms with Crippen molar-refractivity contribution in [3.8, 4) is 6.07 Å². The minimum Gasteiger partial charge on any atom is -0.348 e. The molecule has 2 aliphatic rings. The molecule has 0 spiro atoms. The van der Waals surface area contributed by atoms with Crippen molar-refractivity contribution < 1.29 is 4.79 Å². The molecule has 5 nitrogen and oxygen atoms in total. The van der Waals surface area contributed by atoms with Gasteiger partial charge in [0.15, 0.2) is 5.17 Å². The third kappa shape index (κ3) is 4.18. The molecule has 24 heavy (non-hydrogen) atoms. The van der Waals surface area contributed by atoms with Crippen LogP contribution < -0.4 is 0 Å². The Labute approximate surface area is 150 Å². The molecule has 7 heteroatoms. The topological polar surface area (TPSA) is 59.7 Å². The maximum absolute atomic E-state index is 12.1. The highest BCUT2D eigenvalue weighted by atomic mass is 35.5. The van der Waals surface area contributed by atoms with Crippen LogP contribution in [-0.2, 0) is 4.79 Å². The van der Waals surface area contributed by atoms with E-state index in [1.54, 1.807) is 12.1 Å². The molecule has 0 radical (unpaired) electrons. The Bertz CT molecular complexity index is 715. The van der Waals surface area contributed by atoms with Crippen molar-refractivity contribution in [3.05, 3.63) is 39.8 Å². The van der Waals surface area contributed by atoms with Gasteiger partial charge in [-0.3, -0.25) is 9.69 Å². The lowest BCUT2D eigenvalue weighted by Gasteiger charge is -2.34. The van der Waals surface area contributed by atoms with Crippen LogP contribution in [0.1, 0.15) is 12.0 Å². The first kappa shape index (κ1) is 17.0. The van der Waals surface area contributed by atoms with Gasteiger partial charge in [0.1, 0.15) is 0 Å². The van der Waals surface area contributed by atoms with Gasteiger partial charge in [-0.15, -0.1) is 0 Å². The second kappa shape index (κ2) is 7.84. The molecule has 1 aromatic rings. The summed E-state index contributed by atoms with van der Waals surface area (Å²) in [6.45, 7) is 4.26. The Morgan fingerprint density at radius 1 is 1.25 bits per heavy atom. The molecule has 124 valence electrons. The molecule has 0 aromatic heterocycles. The molecule has 1 saturated heterocycles. The van der Waals surface area contributed by atoms with Gasteiger partial charge in [-0.2, -0.15) is 10.3 Å². The van der Waals surface area contributed by atoms with Gasteiger partial charge in [-0.05, 0) is 35.5 Å². The number of nitrogens with zero attached hydrogens (tertiary/aromatic N) is 4. The Morgan fingerprint density at radius 3 is 2.62 bits per heavy atom. The summed E-state index contributed by atoms with van der Waals surface area (Å²) in [5, 5.41) is 10.1. The van der Waals surface area contributed by atoms with Crippen molar-refractivity contribution in [1.82, 2.24) is 9.80 Å². The molecule has 0 N–H and O–H groups in total.